The highest BCUT2D eigenvalue weighted by atomic mass is 16.5. The van der Waals surface area contributed by atoms with Crippen molar-refractivity contribution in [2.45, 2.75) is 63.8 Å². The number of para-hydroxylation sites is 2. The molecule has 0 bridgehead atoms. The van der Waals surface area contributed by atoms with Crippen LogP contribution in [-0.2, 0) is 4.79 Å². The van der Waals surface area contributed by atoms with Crippen molar-refractivity contribution in [3.05, 3.63) is 24.3 Å². The van der Waals surface area contributed by atoms with E-state index in [-0.39, 0.29) is 18.1 Å². The van der Waals surface area contributed by atoms with E-state index in [9.17, 15) is 4.79 Å². The zero-order valence-corrected chi connectivity index (χ0v) is 16.7. The summed E-state index contributed by atoms with van der Waals surface area (Å²) < 4.78 is 11.3. The summed E-state index contributed by atoms with van der Waals surface area (Å²) >= 11 is 0. The van der Waals surface area contributed by atoms with E-state index in [1.807, 2.05) is 31.2 Å². The van der Waals surface area contributed by atoms with E-state index in [0.29, 0.717) is 18.1 Å². The number of rotatable bonds is 8. The molecule has 1 amide bonds. The van der Waals surface area contributed by atoms with Crippen LogP contribution >= 0.6 is 0 Å². The van der Waals surface area contributed by atoms with Crippen LogP contribution in [0.5, 0.6) is 11.5 Å². The molecule has 1 saturated carbocycles. The smallest absolute Gasteiger partial charge is 0.258 e. The second-order valence-electron chi connectivity index (χ2n) is 7.78. The van der Waals surface area contributed by atoms with Gasteiger partial charge in [0.2, 0.25) is 0 Å². The fourth-order valence-electron chi connectivity index (χ4n) is 4.48. The summed E-state index contributed by atoms with van der Waals surface area (Å²) in [5.41, 5.74) is 0.150. The maximum Gasteiger partial charge on any atom is 0.258 e. The van der Waals surface area contributed by atoms with Crippen molar-refractivity contribution in [1.82, 2.24) is 10.2 Å². The van der Waals surface area contributed by atoms with E-state index in [1.54, 1.807) is 0 Å². The van der Waals surface area contributed by atoms with Gasteiger partial charge in [-0.15, -0.1) is 0 Å². The van der Waals surface area contributed by atoms with Gasteiger partial charge in [-0.25, -0.2) is 0 Å². The molecule has 1 N–H and O–H groups in total. The lowest BCUT2D eigenvalue weighted by molar-refractivity contribution is -0.124. The van der Waals surface area contributed by atoms with Crippen LogP contribution in [0.1, 0.15) is 58.3 Å². The van der Waals surface area contributed by atoms with Gasteiger partial charge in [-0.3, -0.25) is 9.69 Å². The van der Waals surface area contributed by atoms with E-state index in [1.165, 1.54) is 64.5 Å². The Labute approximate surface area is 163 Å². The van der Waals surface area contributed by atoms with Crippen molar-refractivity contribution in [3.63, 3.8) is 0 Å². The van der Waals surface area contributed by atoms with Crippen LogP contribution in [0.4, 0.5) is 0 Å². The molecule has 0 atom stereocenters. The Bertz CT molecular complexity index is 593. The van der Waals surface area contributed by atoms with Crippen molar-refractivity contribution in [1.29, 1.82) is 0 Å². The minimum Gasteiger partial charge on any atom is -0.490 e. The van der Waals surface area contributed by atoms with E-state index in [4.69, 9.17) is 9.47 Å². The molecule has 5 nitrogen and oxygen atoms in total. The summed E-state index contributed by atoms with van der Waals surface area (Å²) in [5.74, 6) is 1.26. The third-order valence-corrected chi connectivity index (χ3v) is 5.93. The van der Waals surface area contributed by atoms with Crippen molar-refractivity contribution < 1.29 is 14.3 Å². The first-order valence-electron chi connectivity index (χ1n) is 10.6. The third kappa shape index (κ3) is 5.38. The summed E-state index contributed by atoms with van der Waals surface area (Å²) in [6, 6.07) is 7.51. The molecule has 150 valence electrons. The summed E-state index contributed by atoms with van der Waals surface area (Å²) in [7, 11) is 0. The summed E-state index contributed by atoms with van der Waals surface area (Å²) in [5, 5.41) is 3.17. The molecule has 1 heterocycles. The number of amides is 1. The van der Waals surface area contributed by atoms with E-state index < -0.39 is 0 Å². The maximum atomic E-state index is 12.5. The predicted molar refractivity (Wildman–Crippen MR) is 107 cm³/mol. The van der Waals surface area contributed by atoms with Crippen LogP contribution in [0.2, 0.25) is 0 Å². The molecular formula is C22H34N2O3. The number of nitrogens with one attached hydrogen (secondary N) is 1. The Morgan fingerprint density at radius 2 is 1.63 bits per heavy atom. The molecule has 1 aliphatic carbocycles. The summed E-state index contributed by atoms with van der Waals surface area (Å²) in [6.45, 7) is 5.63. The van der Waals surface area contributed by atoms with Crippen LogP contribution in [0.25, 0.3) is 0 Å². The Hall–Kier alpha value is -1.75. The van der Waals surface area contributed by atoms with Gasteiger partial charge in [0.15, 0.2) is 18.1 Å². The lowest BCUT2D eigenvalue weighted by Crippen LogP contribution is -2.58. The minimum absolute atomic E-state index is 0.0279. The van der Waals surface area contributed by atoms with Gasteiger partial charge in [0.1, 0.15) is 0 Å². The first-order valence-corrected chi connectivity index (χ1v) is 10.6. The van der Waals surface area contributed by atoms with Crippen LogP contribution in [-0.4, -0.2) is 49.2 Å². The van der Waals surface area contributed by atoms with Crippen molar-refractivity contribution in [2.75, 3.05) is 32.8 Å². The van der Waals surface area contributed by atoms with Crippen LogP contribution < -0.4 is 14.8 Å². The highest BCUT2D eigenvalue weighted by Gasteiger charge is 2.38. The molecule has 3 rings (SSSR count). The molecule has 0 spiro atoms. The Balaban J connectivity index is 1.53. The highest BCUT2D eigenvalue weighted by molar-refractivity contribution is 5.77. The van der Waals surface area contributed by atoms with Gasteiger partial charge in [0.25, 0.3) is 5.91 Å². The van der Waals surface area contributed by atoms with Gasteiger partial charge in [-0.2, -0.15) is 0 Å². The third-order valence-electron chi connectivity index (χ3n) is 5.93. The second-order valence-corrected chi connectivity index (χ2v) is 7.78. The number of likely N-dealkylation sites (tertiary alicyclic amines) is 1. The molecule has 2 fully saturated rings. The number of hydrogen-bond acceptors (Lipinski definition) is 4. The van der Waals surface area contributed by atoms with Gasteiger partial charge < -0.3 is 14.8 Å². The first-order chi connectivity index (χ1) is 13.2. The number of carbonyl (C=O) groups is 1. The van der Waals surface area contributed by atoms with Gasteiger partial charge in [0.05, 0.1) is 6.61 Å². The van der Waals surface area contributed by atoms with Gasteiger partial charge >= 0.3 is 0 Å². The molecule has 1 aromatic carbocycles. The Morgan fingerprint density at radius 3 is 2.30 bits per heavy atom. The lowest BCUT2D eigenvalue weighted by atomic mass is 9.79. The number of carbonyl (C=O) groups excluding carboxylic acids is 1. The predicted octanol–water partition coefficient (Wildman–Crippen LogP) is 3.77. The fraction of sp³-hybridized carbons (Fsp3) is 0.682. The number of ether oxygens (including phenoxy) is 2. The summed E-state index contributed by atoms with van der Waals surface area (Å²) in [4.78, 5) is 15.1. The van der Waals surface area contributed by atoms with Crippen LogP contribution in [0, 0.1) is 0 Å². The highest BCUT2D eigenvalue weighted by Crippen LogP contribution is 2.35. The largest absolute Gasteiger partial charge is 0.490 e. The van der Waals surface area contributed by atoms with Crippen molar-refractivity contribution in [3.8, 4) is 11.5 Å². The Kier molecular flexibility index (Phi) is 7.39. The van der Waals surface area contributed by atoms with Crippen molar-refractivity contribution in [2.24, 2.45) is 0 Å². The molecule has 27 heavy (non-hydrogen) atoms. The molecule has 1 saturated heterocycles. The van der Waals surface area contributed by atoms with Gasteiger partial charge in [-0.05, 0) is 57.8 Å². The molecule has 0 unspecified atom stereocenters. The Morgan fingerprint density at radius 1 is 1.00 bits per heavy atom. The van der Waals surface area contributed by atoms with Crippen molar-refractivity contribution >= 4 is 5.91 Å². The van der Waals surface area contributed by atoms with Gasteiger partial charge in [0, 0.05) is 12.1 Å². The molecule has 1 aliphatic heterocycles. The summed E-state index contributed by atoms with van der Waals surface area (Å²) in [6.07, 6.45) is 10.2. The zero-order valence-electron chi connectivity index (χ0n) is 16.7. The normalized spacial score (nSPS) is 20.0. The quantitative estimate of drug-likeness (QED) is 0.753. The van der Waals surface area contributed by atoms with Gasteiger partial charge in [-0.1, -0.05) is 37.8 Å². The standard InChI is InChI=1S/C22H34N2O3/c1-2-26-19-11-5-6-12-20(19)27-17-21(25)23-18-22(13-7-3-8-14-22)24-15-9-4-10-16-24/h5-6,11-12H,2-4,7-10,13-18H2,1H3,(H,23,25). The second kappa shape index (κ2) is 9.98. The maximum absolute atomic E-state index is 12.5. The number of nitrogens with zero attached hydrogens (tertiary/aromatic N) is 1. The topological polar surface area (TPSA) is 50.8 Å². The SMILES string of the molecule is CCOc1ccccc1OCC(=O)NCC1(N2CCCCC2)CCCCC1. The van der Waals surface area contributed by atoms with E-state index in [0.717, 1.165) is 6.54 Å². The fourth-order valence-corrected chi connectivity index (χ4v) is 4.48. The molecular weight excluding hydrogens is 340 g/mol. The number of hydrogen-bond donors (Lipinski definition) is 1. The molecule has 2 aliphatic rings. The molecule has 0 aromatic heterocycles. The first kappa shape index (κ1) is 20.0. The lowest BCUT2D eigenvalue weighted by Gasteiger charge is -2.48. The average molecular weight is 375 g/mol. The molecule has 5 heteroatoms. The van der Waals surface area contributed by atoms with E-state index in [2.05, 4.69) is 10.2 Å². The minimum atomic E-state index is -0.0525. The number of benzene rings is 1. The molecule has 1 aromatic rings. The van der Waals surface area contributed by atoms with Crippen LogP contribution in [0.3, 0.4) is 0 Å². The average Bonchev–Trinajstić information content (AvgIpc) is 2.73. The number of piperidine rings is 1. The van der Waals surface area contributed by atoms with Crippen LogP contribution in [0.15, 0.2) is 24.3 Å². The van der Waals surface area contributed by atoms with E-state index >= 15 is 0 Å². The molecule has 0 radical (unpaired) electrons. The monoisotopic (exact) mass is 374 g/mol. The zero-order chi connectivity index (χ0) is 19.0.